The van der Waals surface area contributed by atoms with Crippen LogP contribution in [0.3, 0.4) is 0 Å². The molecule has 0 saturated carbocycles. The second-order valence-electron chi connectivity index (χ2n) is 5.18. The average molecular weight is 288 g/mol. The first-order valence-corrected chi connectivity index (χ1v) is 7.13. The molecule has 1 aromatic heterocycles. The van der Waals surface area contributed by atoms with Crippen molar-refractivity contribution in [2.75, 3.05) is 13.1 Å². The third-order valence-corrected chi connectivity index (χ3v) is 4.60. The second kappa shape index (κ2) is 4.56. The SMILES string of the molecule is CC1(C)CCCN(Cc2ccc(Br)s2)C1. The lowest BCUT2D eigenvalue weighted by molar-refractivity contribution is 0.112. The molecule has 2 heterocycles. The van der Waals surface area contributed by atoms with Crippen LogP contribution < -0.4 is 0 Å². The van der Waals surface area contributed by atoms with Gasteiger partial charge in [-0.05, 0) is 52.9 Å². The van der Waals surface area contributed by atoms with Crippen LogP contribution in [0.1, 0.15) is 31.6 Å². The Morgan fingerprint density at radius 3 is 2.87 bits per heavy atom. The molecule has 1 aromatic rings. The molecule has 0 radical (unpaired) electrons. The van der Waals surface area contributed by atoms with Crippen molar-refractivity contribution < 1.29 is 0 Å². The highest BCUT2D eigenvalue weighted by Gasteiger charge is 2.26. The Labute approximate surface area is 105 Å². The first kappa shape index (κ1) is 11.6. The van der Waals surface area contributed by atoms with Crippen LogP contribution in [0.2, 0.25) is 0 Å². The number of rotatable bonds is 2. The van der Waals surface area contributed by atoms with Gasteiger partial charge in [-0.3, -0.25) is 4.90 Å². The Kier molecular flexibility index (Phi) is 3.53. The number of halogens is 1. The maximum absolute atomic E-state index is 3.52. The molecule has 0 bridgehead atoms. The molecule has 0 aromatic carbocycles. The van der Waals surface area contributed by atoms with Gasteiger partial charge in [0.2, 0.25) is 0 Å². The van der Waals surface area contributed by atoms with Crippen molar-refractivity contribution in [3.63, 3.8) is 0 Å². The van der Waals surface area contributed by atoms with Gasteiger partial charge >= 0.3 is 0 Å². The minimum atomic E-state index is 0.507. The van der Waals surface area contributed by atoms with E-state index < -0.39 is 0 Å². The fraction of sp³-hybridized carbons (Fsp3) is 0.667. The highest BCUT2D eigenvalue weighted by Crippen LogP contribution is 2.30. The monoisotopic (exact) mass is 287 g/mol. The number of nitrogens with zero attached hydrogens (tertiary/aromatic N) is 1. The number of likely N-dealkylation sites (tertiary alicyclic amines) is 1. The van der Waals surface area contributed by atoms with Gasteiger partial charge in [-0.25, -0.2) is 0 Å². The maximum Gasteiger partial charge on any atom is 0.0701 e. The van der Waals surface area contributed by atoms with E-state index in [4.69, 9.17) is 0 Å². The van der Waals surface area contributed by atoms with Crippen LogP contribution in [0.25, 0.3) is 0 Å². The van der Waals surface area contributed by atoms with Gasteiger partial charge < -0.3 is 0 Å². The van der Waals surface area contributed by atoms with Crippen LogP contribution >= 0.6 is 27.3 Å². The molecule has 0 spiro atoms. The van der Waals surface area contributed by atoms with E-state index in [1.807, 2.05) is 11.3 Å². The van der Waals surface area contributed by atoms with Crippen molar-refractivity contribution in [3.05, 3.63) is 20.8 Å². The molecular weight excluding hydrogens is 270 g/mol. The predicted molar refractivity (Wildman–Crippen MR) is 70.3 cm³/mol. The summed E-state index contributed by atoms with van der Waals surface area (Å²) in [6, 6.07) is 4.38. The molecule has 0 N–H and O–H groups in total. The van der Waals surface area contributed by atoms with Crippen LogP contribution in [0.5, 0.6) is 0 Å². The first-order chi connectivity index (χ1) is 7.05. The van der Waals surface area contributed by atoms with Crippen LogP contribution in [-0.2, 0) is 6.54 Å². The van der Waals surface area contributed by atoms with E-state index in [0.29, 0.717) is 5.41 Å². The summed E-state index contributed by atoms with van der Waals surface area (Å²) < 4.78 is 1.24. The fourth-order valence-electron chi connectivity index (χ4n) is 2.34. The molecule has 0 aliphatic carbocycles. The van der Waals surface area contributed by atoms with E-state index in [9.17, 15) is 0 Å². The van der Waals surface area contributed by atoms with Crippen LogP contribution in [0.15, 0.2) is 15.9 Å². The molecule has 0 unspecified atom stereocenters. The zero-order chi connectivity index (χ0) is 10.9. The first-order valence-electron chi connectivity index (χ1n) is 5.52. The van der Waals surface area contributed by atoms with Crippen molar-refractivity contribution >= 4 is 27.3 Å². The minimum Gasteiger partial charge on any atom is -0.298 e. The summed E-state index contributed by atoms with van der Waals surface area (Å²) in [5.41, 5.74) is 0.507. The highest BCUT2D eigenvalue weighted by molar-refractivity contribution is 9.11. The Hall–Kier alpha value is 0.140. The molecule has 1 aliphatic heterocycles. The second-order valence-corrected chi connectivity index (χ2v) is 7.73. The van der Waals surface area contributed by atoms with Crippen molar-refractivity contribution in [1.82, 2.24) is 4.90 Å². The summed E-state index contributed by atoms with van der Waals surface area (Å²) in [5, 5.41) is 0. The number of hydrogen-bond donors (Lipinski definition) is 0. The van der Waals surface area contributed by atoms with Gasteiger partial charge in [-0.2, -0.15) is 0 Å². The summed E-state index contributed by atoms with van der Waals surface area (Å²) in [6.45, 7) is 8.38. The van der Waals surface area contributed by atoms with E-state index in [1.54, 1.807) is 0 Å². The Morgan fingerprint density at radius 2 is 2.27 bits per heavy atom. The summed E-state index contributed by atoms with van der Waals surface area (Å²) in [6.07, 6.45) is 2.72. The summed E-state index contributed by atoms with van der Waals surface area (Å²) >= 11 is 5.38. The third-order valence-electron chi connectivity index (χ3n) is 2.99. The van der Waals surface area contributed by atoms with Crippen LogP contribution in [0, 0.1) is 5.41 Å². The van der Waals surface area contributed by atoms with Gasteiger partial charge in [0.05, 0.1) is 3.79 Å². The largest absolute Gasteiger partial charge is 0.298 e. The highest BCUT2D eigenvalue weighted by atomic mass is 79.9. The molecule has 1 fully saturated rings. The molecule has 84 valence electrons. The lowest BCUT2D eigenvalue weighted by Gasteiger charge is -2.37. The minimum absolute atomic E-state index is 0.507. The van der Waals surface area contributed by atoms with Crippen molar-refractivity contribution in [3.8, 4) is 0 Å². The molecular formula is C12H18BrNS. The lowest BCUT2D eigenvalue weighted by atomic mass is 9.84. The van der Waals surface area contributed by atoms with E-state index in [0.717, 1.165) is 6.54 Å². The van der Waals surface area contributed by atoms with Crippen molar-refractivity contribution in [1.29, 1.82) is 0 Å². The quantitative estimate of drug-likeness (QED) is 0.791. The third kappa shape index (κ3) is 3.30. The normalized spacial score (nSPS) is 21.8. The Morgan fingerprint density at radius 1 is 1.47 bits per heavy atom. The molecule has 15 heavy (non-hydrogen) atoms. The molecule has 3 heteroatoms. The number of piperidine rings is 1. The van der Waals surface area contributed by atoms with E-state index in [2.05, 4.69) is 46.8 Å². The smallest absolute Gasteiger partial charge is 0.0701 e. The molecule has 0 amide bonds. The number of hydrogen-bond acceptors (Lipinski definition) is 2. The molecule has 1 saturated heterocycles. The van der Waals surface area contributed by atoms with Gasteiger partial charge in [-0.1, -0.05) is 13.8 Å². The van der Waals surface area contributed by atoms with Crippen molar-refractivity contribution in [2.45, 2.75) is 33.2 Å². The van der Waals surface area contributed by atoms with E-state index in [1.165, 1.54) is 34.6 Å². The van der Waals surface area contributed by atoms with Crippen molar-refractivity contribution in [2.24, 2.45) is 5.41 Å². The molecule has 1 aliphatic rings. The summed E-state index contributed by atoms with van der Waals surface area (Å²) in [7, 11) is 0. The Balaban J connectivity index is 1.95. The topological polar surface area (TPSA) is 3.24 Å². The Bertz CT molecular complexity index is 332. The zero-order valence-corrected chi connectivity index (χ0v) is 11.8. The van der Waals surface area contributed by atoms with Gasteiger partial charge in [0.15, 0.2) is 0 Å². The predicted octanol–water partition coefficient (Wildman–Crippen LogP) is 4.13. The van der Waals surface area contributed by atoms with Gasteiger partial charge in [0, 0.05) is 18.0 Å². The standard InChI is InChI=1S/C12H18BrNS/c1-12(2)6-3-7-14(9-12)8-10-4-5-11(13)15-10/h4-5H,3,6-9H2,1-2H3. The lowest BCUT2D eigenvalue weighted by Crippen LogP contribution is -2.39. The molecule has 1 nitrogen and oxygen atoms in total. The zero-order valence-electron chi connectivity index (χ0n) is 9.42. The van der Waals surface area contributed by atoms with Gasteiger partial charge in [0.25, 0.3) is 0 Å². The number of thiophene rings is 1. The van der Waals surface area contributed by atoms with Crippen LogP contribution in [0.4, 0.5) is 0 Å². The van der Waals surface area contributed by atoms with Crippen LogP contribution in [-0.4, -0.2) is 18.0 Å². The van der Waals surface area contributed by atoms with Gasteiger partial charge in [0.1, 0.15) is 0 Å². The van der Waals surface area contributed by atoms with E-state index in [-0.39, 0.29) is 0 Å². The summed E-state index contributed by atoms with van der Waals surface area (Å²) in [5.74, 6) is 0. The summed E-state index contributed by atoms with van der Waals surface area (Å²) in [4.78, 5) is 4.06. The fourth-order valence-corrected chi connectivity index (χ4v) is 3.86. The van der Waals surface area contributed by atoms with E-state index >= 15 is 0 Å². The maximum atomic E-state index is 3.52. The average Bonchev–Trinajstić information content (AvgIpc) is 2.49. The van der Waals surface area contributed by atoms with Gasteiger partial charge in [-0.15, -0.1) is 11.3 Å². The molecule has 2 rings (SSSR count). The molecule has 0 atom stereocenters.